The van der Waals surface area contributed by atoms with Crippen LogP contribution >= 0.6 is 11.8 Å². The second-order valence-electron chi connectivity index (χ2n) is 10.2. The van der Waals surface area contributed by atoms with Gasteiger partial charge in [-0.15, -0.1) is 0 Å². The molecule has 1 spiro atoms. The number of carbonyl (C=O) groups is 2. The average molecular weight is 564 g/mol. The second kappa shape index (κ2) is 13.1. The van der Waals surface area contributed by atoms with Crippen molar-refractivity contribution in [3.05, 3.63) is 34.2 Å². The maximum atomic E-state index is 13.1. The summed E-state index contributed by atoms with van der Waals surface area (Å²) in [7, 11) is -2.08. The smallest absolute Gasteiger partial charge is 0.318 e. The molecule has 0 bridgehead atoms. The van der Waals surface area contributed by atoms with Crippen LogP contribution in [0.1, 0.15) is 68.1 Å². The number of aryl methyl sites for hydroxylation is 2. The van der Waals surface area contributed by atoms with Crippen LogP contribution in [-0.4, -0.2) is 68.2 Å². The number of anilines is 1. The monoisotopic (exact) mass is 563 g/mol. The van der Waals surface area contributed by atoms with E-state index in [0.717, 1.165) is 41.8 Å². The average Bonchev–Trinajstić information content (AvgIpc) is 3.16. The first-order chi connectivity index (χ1) is 18.0. The molecule has 11 heteroatoms. The Morgan fingerprint density at radius 1 is 1.16 bits per heavy atom. The number of amidine groups is 1. The Kier molecular flexibility index (Phi) is 10.4. The number of primary amides is 1. The third-order valence-electron chi connectivity index (χ3n) is 7.40. The van der Waals surface area contributed by atoms with E-state index < -0.39 is 21.6 Å². The van der Waals surface area contributed by atoms with E-state index in [1.807, 2.05) is 25.6 Å². The lowest BCUT2D eigenvalue weighted by Gasteiger charge is -2.34. The minimum Gasteiger partial charge on any atom is -0.351 e. The van der Waals surface area contributed by atoms with Crippen LogP contribution in [0.2, 0.25) is 0 Å². The topological polar surface area (TPSA) is 125 Å². The van der Waals surface area contributed by atoms with E-state index in [0.29, 0.717) is 18.5 Å². The van der Waals surface area contributed by atoms with Crippen molar-refractivity contribution in [1.29, 1.82) is 0 Å². The molecule has 3 amide bonds. The Labute approximate surface area is 231 Å². The van der Waals surface area contributed by atoms with Crippen molar-refractivity contribution in [3.8, 4) is 0 Å². The van der Waals surface area contributed by atoms with E-state index in [4.69, 9.17) is 10.7 Å². The number of urea groups is 1. The number of sulfonamides is 1. The number of hydrogen-bond acceptors (Lipinski definition) is 6. The van der Waals surface area contributed by atoms with Gasteiger partial charge in [0.2, 0.25) is 10.0 Å². The predicted octanol–water partition coefficient (Wildman–Crippen LogP) is 4.19. The third-order valence-corrected chi connectivity index (χ3v) is 9.67. The Morgan fingerprint density at radius 2 is 1.76 bits per heavy atom. The Hall–Kier alpha value is -2.37. The number of thioether (sulfide) groups is 1. The summed E-state index contributed by atoms with van der Waals surface area (Å²) in [5.74, 6) is 1.84. The molecule has 0 radical (unpaired) electrons. The fraction of sp³-hybridized carbons (Fsp3) is 0.593. The second-order valence-corrected chi connectivity index (χ2v) is 13.0. The summed E-state index contributed by atoms with van der Waals surface area (Å²) in [4.78, 5) is 30.4. The number of aliphatic imine (C=N–C) groups is 1. The molecule has 1 aromatic rings. The number of carbonyl (C=O) groups excluding carboxylic acids is 2. The van der Waals surface area contributed by atoms with Gasteiger partial charge < -0.3 is 11.1 Å². The maximum Gasteiger partial charge on any atom is 0.318 e. The summed E-state index contributed by atoms with van der Waals surface area (Å²) in [5.41, 5.74) is 7.61. The minimum atomic E-state index is -3.67. The van der Waals surface area contributed by atoms with Crippen molar-refractivity contribution >= 4 is 51.3 Å². The Bertz CT molecular complexity index is 1160. The highest BCUT2D eigenvalue weighted by Crippen LogP contribution is 2.32. The number of nitrogens with zero attached hydrogens (tertiary/aromatic N) is 3. The van der Waals surface area contributed by atoms with Crippen LogP contribution in [0.25, 0.3) is 6.08 Å². The van der Waals surface area contributed by atoms with Gasteiger partial charge in [-0.05, 0) is 86.4 Å². The largest absolute Gasteiger partial charge is 0.351 e. The molecule has 1 aromatic carbocycles. The summed E-state index contributed by atoms with van der Waals surface area (Å²) < 4.78 is 27.6. The van der Waals surface area contributed by atoms with E-state index in [2.05, 4.69) is 11.6 Å². The molecule has 2 aliphatic heterocycles. The predicted molar refractivity (Wildman–Crippen MR) is 157 cm³/mol. The zero-order valence-corrected chi connectivity index (χ0v) is 24.6. The zero-order valence-electron chi connectivity index (χ0n) is 23.0. The Balaban J connectivity index is 1.58. The summed E-state index contributed by atoms with van der Waals surface area (Å²) in [6, 6.07) is 3.03. The van der Waals surface area contributed by atoms with Gasteiger partial charge in [-0.25, -0.2) is 13.2 Å². The zero-order chi connectivity index (χ0) is 27.9. The number of nitrogens with one attached hydrogen (secondary N) is 1. The number of amides is 3. The fourth-order valence-electron chi connectivity index (χ4n) is 5.00. The SMILES string of the molecule is CSCCCCCCCC1=NC2(CCN(S(=O)(=O)C=Cc3c(C)cc(N(C)C(N)=O)cc3C)CC2)C(=O)N1. The van der Waals surface area contributed by atoms with Gasteiger partial charge in [0, 0.05) is 37.7 Å². The van der Waals surface area contributed by atoms with Crippen molar-refractivity contribution in [2.75, 3.05) is 37.0 Å². The molecular weight excluding hydrogens is 522 g/mol. The number of nitrogens with two attached hydrogens (primary N) is 1. The first-order valence-corrected chi connectivity index (χ1v) is 16.1. The van der Waals surface area contributed by atoms with Crippen molar-refractivity contribution in [3.63, 3.8) is 0 Å². The van der Waals surface area contributed by atoms with Gasteiger partial charge in [0.05, 0.1) is 0 Å². The molecular formula is C27H41N5O4S2. The lowest BCUT2D eigenvalue weighted by Crippen LogP contribution is -2.50. The number of hydrogen-bond donors (Lipinski definition) is 2. The summed E-state index contributed by atoms with van der Waals surface area (Å²) in [6.07, 6.45) is 11.0. The van der Waals surface area contributed by atoms with Crippen LogP contribution in [0.3, 0.4) is 0 Å². The lowest BCUT2D eigenvalue weighted by molar-refractivity contribution is -0.124. The van der Waals surface area contributed by atoms with Crippen molar-refractivity contribution < 1.29 is 18.0 Å². The molecule has 0 saturated carbocycles. The number of piperidine rings is 1. The first kappa shape index (κ1) is 30.2. The van der Waals surface area contributed by atoms with Gasteiger partial charge in [-0.2, -0.15) is 16.1 Å². The van der Waals surface area contributed by atoms with E-state index >= 15 is 0 Å². The van der Waals surface area contributed by atoms with Gasteiger partial charge in [0.1, 0.15) is 11.4 Å². The van der Waals surface area contributed by atoms with E-state index in [-0.39, 0.29) is 19.0 Å². The molecule has 38 heavy (non-hydrogen) atoms. The number of rotatable bonds is 12. The molecule has 210 valence electrons. The fourth-order valence-corrected chi connectivity index (χ4v) is 6.66. The van der Waals surface area contributed by atoms with E-state index in [1.165, 1.54) is 39.6 Å². The van der Waals surface area contributed by atoms with Crippen LogP contribution in [0.15, 0.2) is 22.5 Å². The molecule has 9 nitrogen and oxygen atoms in total. The van der Waals surface area contributed by atoms with Crippen LogP contribution in [-0.2, 0) is 14.8 Å². The van der Waals surface area contributed by atoms with Gasteiger partial charge >= 0.3 is 6.03 Å². The summed E-state index contributed by atoms with van der Waals surface area (Å²) in [5, 5.41) is 4.17. The maximum absolute atomic E-state index is 13.1. The minimum absolute atomic E-state index is 0.104. The van der Waals surface area contributed by atoms with Crippen LogP contribution < -0.4 is 16.0 Å². The van der Waals surface area contributed by atoms with Gasteiger partial charge in [0.15, 0.2) is 0 Å². The van der Waals surface area contributed by atoms with Gasteiger partial charge in [0.25, 0.3) is 5.91 Å². The quantitative estimate of drug-likeness (QED) is 0.369. The standard InChI is InChI=1S/C27H41N5O4S2/c1-20-18-22(31(3)26(28)34)19-21(2)23(20)11-17-38(35,36)32-14-12-27(13-15-32)25(33)29-24(30-27)10-8-6-5-7-9-16-37-4/h11,17-19H,5-10,12-16H2,1-4H3,(H2,28,34)(H,29,30,33). The molecule has 3 N–H and O–H groups in total. The molecule has 2 heterocycles. The number of unbranched alkanes of at least 4 members (excludes halogenated alkanes) is 4. The molecule has 0 unspecified atom stereocenters. The highest BCUT2D eigenvalue weighted by atomic mass is 32.2. The van der Waals surface area contributed by atoms with Gasteiger partial charge in [-0.1, -0.05) is 19.3 Å². The normalized spacial score (nSPS) is 17.7. The lowest BCUT2D eigenvalue weighted by atomic mass is 9.89. The van der Waals surface area contributed by atoms with Crippen molar-refractivity contribution in [2.45, 2.75) is 70.8 Å². The highest BCUT2D eigenvalue weighted by molar-refractivity contribution is 7.98. The molecule has 1 fully saturated rings. The third kappa shape index (κ3) is 7.39. The summed E-state index contributed by atoms with van der Waals surface area (Å²) >= 11 is 1.88. The summed E-state index contributed by atoms with van der Waals surface area (Å²) in [6.45, 7) is 4.21. The molecule has 3 rings (SSSR count). The Morgan fingerprint density at radius 3 is 2.37 bits per heavy atom. The molecule has 2 aliphatic rings. The van der Waals surface area contributed by atoms with Gasteiger partial charge in [-0.3, -0.25) is 14.7 Å². The van der Waals surface area contributed by atoms with E-state index in [9.17, 15) is 18.0 Å². The highest BCUT2D eigenvalue weighted by Gasteiger charge is 2.46. The van der Waals surface area contributed by atoms with E-state index in [1.54, 1.807) is 25.3 Å². The van der Waals surface area contributed by atoms with Crippen molar-refractivity contribution in [1.82, 2.24) is 9.62 Å². The molecule has 1 saturated heterocycles. The number of benzene rings is 1. The van der Waals surface area contributed by atoms with Crippen LogP contribution in [0.5, 0.6) is 0 Å². The molecule has 0 aromatic heterocycles. The van der Waals surface area contributed by atoms with Crippen LogP contribution in [0, 0.1) is 13.8 Å². The molecule has 0 atom stereocenters. The van der Waals surface area contributed by atoms with Crippen LogP contribution in [0.4, 0.5) is 10.5 Å². The first-order valence-electron chi connectivity index (χ1n) is 13.2. The van der Waals surface area contributed by atoms with Crippen molar-refractivity contribution in [2.24, 2.45) is 10.7 Å². The molecule has 0 aliphatic carbocycles.